The minimum Gasteiger partial charge on any atom is -0.463 e. The molecule has 2 unspecified atom stereocenters. The number of hydrogen-bond acceptors (Lipinski definition) is 6. The van der Waals surface area contributed by atoms with Gasteiger partial charge in [-0.05, 0) is 46.6 Å². The highest BCUT2D eigenvalue weighted by molar-refractivity contribution is 5.68. The van der Waals surface area contributed by atoms with Crippen molar-refractivity contribution in [1.82, 2.24) is 20.6 Å². The number of carbonyl (C=O) groups is 1. The van der Waals surface area contributed by atoms with Crippen LogP contribution in [0.1, 0.15) is 40.0 Å². The zero-order chi connectivity index (χ0) is 17.6. The van der Waals surface area contributed by atoms with Crippen LogP contribution in [0.3, 0.4) is 0 Å². The van der Waals surface area contributed by atoms with Crippen LogP contribution in [0.15, 0.2) is 12.4 Å². The van der Waals surface area contributed by atoms with Crippen LogP contribution in [-0.4, -0.2) is 46.9 Å². The molecule has 2 heterocycles. The fraction of sp³-hybridized carbons (Fsp3) is 0.688. The first-order valence-corrected chi connectivity index (χ1v) is 8.14. The number of ether oxygens (including phenoxy) is 2. The summed E-state index contributed by atoms with van der Waals surface area (Å²) in [4.78, 5) is 19.3. The lowest BCUT2D eigenvalue weighted by molar-refractivity contribution is 0.0610. The molecule has 134 valence electrons. The van der Waals surface area contributed by atoms with Gasteiger partial charge in [-0.25, -0.2) is 19.2 Å². The van der Waals surface area contributed by atoms with Gasteiger partial charge in [-0.3, -0.25) is 0 Å². The first-order chi connectivity index (χ1) is 11.3. The summed E-state index contributed by atoms with van der Waals surface area (Å²) in [6.45, 7) is 6.92. The predicted molar refractivity (Wildman–Crippen MR) is 86.3 cm³/mol. The van der Waals surface area contributed by atoms with E-state index in [0.29, 0.717) is 6.61 Å². The van der Waals surface area contributed by atoms with Gasteiger partial charge in [0.2, 0.25) is 0 Å². The normalized spacial score (nSPS) is 21.2. The molecule has 1 saturated heterocycles. The highest BCUT2D eigenvalue weighted by Crippen LogP contribution is 2.16. The van der Waals surface area contributed by atoms with Crippen molar-refractivity contribution in [1.29, 1.82) is 0 Å². The lowest BCUT2D eigenvalue weighted by Gasteiger charge is -2.31. The van der Waals surface area contributed by atoms with Gasteiger partial charge in [0.1, 0.15) is 6.10 Å². The number of halogens is 1. The average molecular weight is 340 g/mol. The summed E-state index contributed by atoms with van der Waals surface area (Å²) in [6.07, 6.45) is 3.88. The molecule has 0 radical (unpaired) electrons. The van der Waals surface area contributed by atoms with E-state index in [-0.39, 0.29) is 29.8 Å². The average Bonchev–Trinajstić information content (AvgIpc) is 2.48. The molecule has 1 aliphatic heterocycles. The number of amides is 1. The number of piperidine rings is 1. The maximum atomic E-state index is 12.7. The molecule has 24 heavy (non-hydrogen) atoms. The number of nitrogens with zero attached hydrogens (tertiary/aromatic N) is 2. The van der Waals surface area contributed by atoms with Gasteiger partial charge >= 0.3 is 12.1 Å². The van der Waals surface area contributed by atoms with Gasteiger partial charge in [0.05, 0.1) is 19.0 Å². The second-order valence-electron chi connectivity index (χ2n) is 6.90. The smallest absolute Gasteiger partial charge is 0.407 e. The summed E-state index contributed by atoms with van der Waals surface area (Å²) >= 11 is 0. The summed E-state index contributed by atoms with van der Waals surface area (Å²) < 4.78 is 23.6. The molecular weight excluding hydrogens is 315 g/mol. The van der Waals surface area contributed by atoms with E-state index in [0.717, 1.165) is 38.2 Å². The van der Waals surface area contributed by atoms with Crippen molar-refractivity contribution in [3.8, 4) is 6.01 Å². The third-order valence-electron chi connectivity index (χ3n) is 3.49. The van der Waals surface area contributed by atoms with Gasteiger partial charge in [-0.1, -0.05) is 0 Å². The molecule has 0 saturated carbocycles. The van der Waals surface area contributed by atoms with E-state index >= 15 is 0 Å². The maximum absolute atomic E-state index is 12.7. The summed E-state index contributed by atoms with van der Waals surface area (Å²) in [5.41, 5.74) is -0.313. The highest BCUT2D eigenvalue weighted by atomic mass is 19.1. The Hall–Kier alpha value is -1.96. The summed E-state index contributed by atoms with van der Waals surface area (Å²) in [7, 11) is 0. The highest BCUT2D eigenvalue weighted by Gasteiger charge is 2.25. The van der Waals surface area contributed by atoms with Crippen molar-refractivity contribution in [3.05, 3.63) is 18.2 Å². The van der Waals surface area contributed by atoms with Crippen molar-refractivity contribution in [3.63, 3.8) is 0 Å². The largest absolute Gasteiger partial charge is 0.463 e. The van der Waals surface area contributed by atoms with E-state index in [4.69, 9.17) is 9.47 Å². The third-order valence-corrected chi connectivity index (χ3v) is 3.49. The molecule has 0 aliphatic carbocycles. The monoisotopic (exact) mass is 340 g/mol. The molecule has 2 rings (SSSR count). The molecule has 0 aromatic carbocycles. The Bertz CT molecular complexity index is 533. The molecule has 7 nitrogen and oxygen atoms in total. The minimum absolute atomic E-state index is 0.110. The van der Waals surface area contributed by atoms with E-state index in [1.807, 2.05) is 20.8 Å². The van der Waals surface area contributed by atoms with Crippen LogP contribution >= 0.6 is 0 Å². The summed E-state index contributed by atoms with van der Waals surface area (Å²) in [5, 5.41) is 6.17. The molecule has 0 spiro atoms. The number of aromatic nitrogens is 2. The summed E-state index contributed by atoms with van der Waals surface area (Å²) in [6, 6.07) is 0.344. The topological polar surface area (TPSA) is 85.4 Å². The van der Waals surface area contributed by atoms with Gasteiger partial charge in [-0.15, -0.1) is 0 Å². The lowest BCUT2D eigenvalue weighted by atomic mass is 9.99. The quantitative estimate of drug-likeness (QED) is 0.853. The Kier molecular flexibility index (Phi) is 6.30. The SMILES string of the molecule is CC(C)(C)NC(=O)OC1CCNC(CCOc2ncc(F)cn2)C1. The fourth-order valence-electron chi connectivity index (χ4n) is 2.45. The zero-order valence-electron chi connectivity index (χ0n) is 14.3. The van der Waals surface area contributed by atoms with Gasteiger partial charge in [0.15, 0.2) is 5.82 Å². The van der Waals surface area contributed by atoms with Crippen LogP contribution in [0.5, 0.6) is 6.01 Å². The lowest BCUT2D eigenvalue weighted by Crippen LogP contribution is -2.46. The number of alkyl carbamates (subject to hydrolysis) is 1. The van der Waals surface area contributed by atoms with Gasteiger partial charge < -0.3 is 20.1 Å². The molecule has 8 heteroatoms. The third kappa shape index (κ3) is 6.66. The molecule has 2 N–H and O–H groups in total. The Morgan fingerprint density at radius 1 is 1.42 bits per heavy atom. The molecule has 1 aliphatic rings. The number of carbonyl (C=O) groups excluding carboxylic acids is 1. The van der Waals surface area contributed by atoms with E-state index in [1.54, 1.807) is 0 Å². The second kappa shape index (κ2) is 8.23. The van der Waals surface area contributed by atoms with E-state index in [1.165, 1.54) is 0 Å². The van der Waals surface area contributed by atoms with E-state index in [2.05, 4.69) is 20.6 Å². The molecule has 1 aromatic rings. The van der Waals surface area contributed by atoms with Crippen molar-refractivity contribution in [2.75, 3.05) is 13.2 Å². The second-order valence-corrected chi connectivity index (χ2v) is 6.90. The Balaban J connectivity index is 1.70. The first kappa shape index (κ1) is 18.4. The molecular formula is C16H25FN4O3. The minimum atomic E-state index is -0.496. The zero-order valence-corrected chi connectivity index (χ0v) is 14.3. The molecule has 1 amide bonds. The molecule has 1 fully saturated rings. The fourth-order valence-corrected chi connectivity index (χ4v) is 2.45. The van der Waals surface area contributed by atoms with Crippen molar-refractivity contribution in [2.24, 2.45) is 0 Å². The van der Waals surface area contributed by atoms with E-state index < -0.39 is 5.82 Å². The van der Waals surface area contributed by atoms with Crippen LogP contribution in [0.4, 0.5) is 9.18 Å². The number of rotatable bonds is 5. The maximum Gasteiger partial charge on any atom is 0.407 e. The molecule has 1 aromatic heterocycles. The van der Waals surface area contributed by atoms with Crippen molar-refractivity contribution in [2.45, 2.75) is 57.7 Å². The van der Waals surface area contributed by atoms with E-state index in [9.17, 15) is 9.18 Å². The number of hydrogen-bond donors (Lipinski definition) is 2. The predicted octanol–water partition coefficient (Wildman–Crippen LogP) is 2.03. The summed E-state index contributed by atoms with van der Waals surface area (Å²) in [5.74, 6) is -0.496. The van der Waals surface area contributed by atoms with Crippen molar-refractivity contribution < 1.29 is 18.7 Å². The molecule has 0 bridgehead atoms. The van der Waals surface area contributed by atoms with Crippen LogP contribution in [-0.2, 0) is 4.74 Å². The van der Waals surface area contributed by atoms with Crippen molar-refractivity contribution >= 4 is 6.09 Å². The Labute approximate surface area is 141 Å². The first-order valence-electron chi connectivity index (χ1n) is 8.14. The van der Waals surface area contributed by atoms with Gasteiger partial charge in [0, 0.05) is 11.6 Å². The van der Waals surface area contributed by atoms with Gasteiger partial charge in [0.25, 0.3) is 0 Å². The van der Waals surface area contributed by atoms with Crippen LogP contribution in [0.2, 0.25) is 0 Å². The Morgan fingerprint density at radius 2 is 2.12 bits per heavy atom. The Morgan fingerprint density at radius 3 is 2.79 bits per heavy atom. The van der Waals surface area contributed by atoms with Crippen LogP contribution in [0, 0.1) is 5.82 Å². The van der Waals surface area contributed by atoms with Gasteiger partial charge in [-0.2, -0.15) is 0 Å². The van der Waals surface area contributed by atoms with Crippen LogP contribution in [0.25, 0.3) is 0 Å². The molecule has 2 atom stereocenters. The standard InChI is InChI=1S/C16H25FN4O3/c1-16(2,3)21-15(22)24-13-4-6-18-12(8-13)5-7-23-14-19-9-11(17)10-20-14/h9-10,12-13,18H,4-8H2,1-3H3,(H,21,22). The van der Waals surface area contributed by atoms with Crippen LogP contribution < -0.4 is 15.4 Å². The number of nitrogens with one attached hydrogen (secondary N) is 2.